The van der Waals surface area contributed by atoms with Gasteiger partial charge in [-0.3, -0.25) is 0 Å². The average Bonchev–Trinajstić information content (AvgIpc) is 2.01. The minimum absolute atomic E-state index is 0.365. The van der Waals surface area contributed by atoms with Crippen molar-refractivity contribution in [3.8, 4) is 0 Å². The number of ether oxygens (including phenoxy) is 2. The molecule has 2 heterocycles. The van der Waals surface area contributed by atoms with Crippen molar-refractivity contribution in [2.24, 2.45) is 5.10 Å². The maximum atomic E-state index is 5.44. The molecule has 0 spiro atoms. The van der Waals surface area contributed by atoms with Crippen LogP contribution in [0.5, 0.6) is 0 Å². The van der Waals surface area contributed by atoms with E-state index in [2.05, 4.69) is 17.5 Å². The first-order chi connectivity index (χ1) is 6.34. The third kappa shape index (κ3) is 2.42. The highest BCUT2D eigenvalue weighted by Gasteiger charge is 2.19. The van der Waals surface area contributed by atoms with Gasteiger partial charge >= 0.3 is 0 Å². The molecule has 4 heteroatoms. The molecule has 74 valence electrons. The molecule has 0 aromatic rings. The summed E-state index contributed by atoms with van der Waals surface area (Å²) in [5.41, 5.74) is 4.31. The second-order valence-electron chi connectivity index (χ2n) is 3.70. The average molecular weight is 184 g/mol. The van der Waals surface area contributed by atoms with Gasteiger partial charge in [0.25, 0.3) is 0 Å². The summed E-state index contributed by atoms with van der Waals surface area (Å²) < 4.78 is 10.4. The fourth-order valence-electron chi connectivity index (χ4n) is 1.56. The van der Waals surface area contributed by atoms with Gasteiger partial charge in [-0.05, 0) is 19.8 Å². The predicted octanol–water partition coefficient (Wildman–Crippen LogP) is 0.530. The van der Waals surface area contributed by atoms with E-state index in [1.165, 1.54) is 0 Å². The SMILES string of the molecule is CC1CC(NN=C2COC2)CCO1. The first-order valence-electron chi connectivity index (χ1n) is 4.85. The molecule has 2 atom stereocenters. The van der Waals surface area contributed by atoms with Crippen LogP contribution in [0.2, 0.25) is 0 Å². The zero-order chi connectivity index (χ0) is 9.10. The molecule has 1 N–H and O–H groups in total. The van der Waals surface area contributed by atoms with E-state index in [1.807, 2.05) is 0 Å². The van der Waals surface area contributed by atoms with Crippen molar-refractivity contribution in [3.63, 3.8) is 0 Å². The number of rotatable bonds is 2. The van der Waals surface area contributed by atoms with Crippen LogP contribution in [-0.2, 0) is 9.47 Å². The van der Waals surface area contributed by atoms with Crippen LogP contribution < -0.4 is 5.43 Å². The Morgan fingerprint density at radius 3 is 2.92 bits per heavy atom. The molecule has 0 aromatic carbocycles. The summed E-state index contributed by atoms with van der Waals surface area (Å²) in [5, 5.41) is 4.27. The minimum atomic E-state index is 0.365. The van der Waals surface area contributed by atoms with E-state index in [0.29, 0.717) is 25.4 Å². The van der Waals surface area contributed by atoms with E-state index >= 15 is 0 Å². The Kier molecular flexibility index (Phi) is 2.80. The van der Waals surface area contributed by atoms with E-state index in [0.717, 1.165) is 25.2 Å². The summed E-state index contributed by atoms with van der Waals surface area (Å²) in [6.07, 6.45) is 2.48. The third-order valence-corrected chi connectivity index (χ3v) is 2.43. The van der Waals surface area contributed by atoms with Crippen molar-refractivity contribution in [3.05, 3.63) is 0 Å². The van der Waals surface area contributed by atoms with Crippen LogP contribution in [-0.4, -0.2) is 37.7 Å². The number of hydrogen-bond acceptors (Lipinski definition) is 4. The van der Waals surface area contributed by atoms with Crippen molar-refractivity contribution in [2.75, 3.05) is 19.8 Å². The lowest BCUT2D eigenvalue weighted by atomic mass is 10.1. The molecule has 0 amide bonds. The monoisotopic (exact) mass is 184 g/mol. The number of hydrazone groups is 1. The molecular weight excluding hydrogens is 168 g/mol. The third-order valence-electron chi connectivity index (χ3n) is 2.43. The number of nitrogens with one attached hydrogen (secondary N) is 1. The Bertz CT molecular complexity index is 200. The van der Waals surface area contributed by atoms with Crippen molar-refractivity contribution in [1.82, 2.24) is 5.43 Å². The first-order valence-corrected chi connectivity index (χ1v) is 4.85. The second kappa shape index (κ2) is 4.07. The van der Waals surface area contributed by atoms with Gasteiger partial charge in [0.1, 0.15) is 0 Å². The molecule has 2 fully saturated rings. The molecule has 0 aliphatic carbocycles. The van der Waals surface area contributed by atoms with E-state index in [-0.39, 0.29) is 0 Å². The molecule has 4 nitrogen and oxygen atoms in total. The molecule has 0 saturated carbocycles. The van der Waals surface area contributed by atoms with Gasteiger partial charge < -0.3 is 14.9 Å². The Morgan fingerprint density at radius 1 is 1.46 bits per heavy atom. The second-order valence-corrected chi connectivity index (χ2v) is 3.70. The Hall–Kier alpha value is -0.610. The fraction of sp³-hybridized carbons (Fsp3) is 0.889. The lowest BCUT2D eigenvalue weighted by molar-refractivity contribution is 0.0133. The summed E-state index contributed by atoms with van der Waals surface area (Å²) in [4.78, 5) is 0. The fourth-order valence-corrected chi connectivity index (χ4v) is 1.56. The zero-order valence-corrected chi connectivity index (χ0v) is 7.95. The number of hydrogen-bond donors (Lipinski definition) is 1. The van der Waals surface area contributed by atoms with Gasteiger partial charge in [-0.15, -0.1) is 0 Å². The smallest absolute Gasteiger partial charge is 0.0895 e. The topological polar surface area (TPSA) is 42.9 Å². The van der Waals surface area contributed by atoms with Crippen molar-refractivity contribution in [1.29, 1.82) is 0 Å². The van der Waals surface area contributed by atoms with Crippen LogP contribution in [0.4, 0.5) is 0 Å². The van der Waals surface area contributed by atoms with E-state index in [4.69, 9.17) is 9.47 Å². The molecular formula is C9H16N2O2. The van der Waals surface area contributed by atoms with Crippen molar-refractivity contribution in [2.45, 2.75) is 31.9 Å². The van der Waals surface area contributed by atoms with Crippen molar-refractivity contribution < 1.29 is 9.47 Å². The van der Waals surface area contributed by atoms with E-state index < -0.39 is 0 Å². The molecule has 13 heavy (non-hydrogen) atoms. The van der Waals surface area contributed by atoms with Gasteiger partial charge in [0, 0.05) is 12.6 Å². The highest BCUT2D eigenvalue weighted by atomic mass is 16.5. The summed E-state index contributed by atoms with van der Waals surface area (Å²) in [7, 11) is 0. The Labute approximate surface area is 78.3 Å². The van der Waals surface area contributed by atoms with Gasteiger partial charge in [0.15, 0.2) is 0 Å². The van der Waals surface area contributed by atoms with Crippen molar-refractivity contribution >= 4 is 5.71 Å². The molecule has 0 radical (unpaired) electrons. The maximum absolute atomic E-state index is 5.44. The van der Waals surface area contributed by atoms with Crippen LogP contribution >= 0.6 is 0 Å². The summed E-state index contributed by atoms with van der Waals surface area (Å²) in [6, 6.07) is 0.483. The Balaban J connectivity index is 1.73. The van der Waals surface area contributed by atoms with Gasteiger partial charge in [-0.2, -0.15) is 5.10 Å². The molecule has 2 unspecified atom stereocenters. The highest BCUT2D eigenvalue weighted by molar-refractivity contribution is 5.90. The standard InChI is InChI=1S/C9H16N2O2/c1-7-4-8(2-3-13-7)10-11-9-5-12-6-9/h7-8,10H,2-6H2,1H3. The minimum Gasteiger partial charge on any atom is -0.378 e. The van der Waals surface area contributed by atoms with Crippen LogP contribution in [0.15, 0.2) is 5.10 Å². The molecule has 2 aliphatic heterocycles. The molecule has 2 aliphatic rings. The molecule has 2 saturated heterocycles. The van der Waals surface area contributed by atoms with Crippen LogP contribution in [0.3, 0.4) is 0 Å². The van der Waals surface area contributed by atoms with E-state index in [9.17, 15) is 0 Å². The van der Waals surface area contributed by atoms with Crippen LogP contribution in [0.25, 0.3) is 0 Å². The summed E-state index contributed by atoms with van der Waals surface area (Å²) in [5.74, 6) is 0. The molecule has 0 bridgehead atoms. The number of nitrogens with zero attached hydrogens (tertiary/aromatic N) is 1. The van der Waals surface area contributed by atoms with Gasteiger partial charge in [0.2, 0.25) is 0 Å². The molecule has 2 rings (SSSR count). The summed E-state index contributed by atoms with van der Waals surface area (Å²) in [6.45, 7) is 4.35. The maximum Gasteiger partial charge on any atom is 0.0895 e. The van der Waals surface area contributed by atoms with Gasteiger partial charge in [-0.25, -0.2) is 0 Å². The lowest BCUT2D eigenvalue weighted by Gasteiger charge is -2.27. The largest absolute Gasteiger partial charge is 0.378 e. The van der Waals surface area contributed by atoms with Crippen LogP contribution in [0.1, 0.15) is 19.8 Å². The highest BCUT2D eigenvalue weighted by Crippen LogP contribution is 2.13. The quantitative estimate of drug-likeness (QED) is 0.637. The Morgan fingerprint density at radius 2 is 2.31 bits per heavy atom. The molecule has 0 aromatic heterocycles. The lowest BCUT2D eigenvalue weighted by Crippen LogP contribution is -2.38. The normalized spacial score (nSPS) is 33.8. The van der Waals surface area contributed by atoms with Crippen LogP contribution in [0, 0.1) is 0 Å². The van der Waals surface area contributed by atoms with Gasteiger partial charge in [-0.1, -0.05) is 0 Å². The first kappa shape index (κ1) is 8.97. The summed E-state index contributed by atoms with van der Waals surface area (Å²) >= 11 is 0. The van der Waals surface area contributed by atoms with Gasteiger partial charge in [0.05, 0.1) is 25.0 Å². The zero-order valence-electron chi connectivity index (χ0n) is 7.95. The predicted molar refractivity (Wildman–Crippen MR) is 49.8 cm³/mol. The van der Waals surface area contributed by atoms with E-state index in [1.54, 1.807) is 0 Å².